The molecule has 0 saturated carbocycles. The van der Waals surface area contributed by atoms with Gasteiger partial charge in [0.05, 0.1) is 5.70 Å². The molecule has 0 bridgehead atoms. The molecule has 0 aromatic carbocycles. The van der Waals surface area contributed by atoms with E-state index in [0.29, 0.717) is 5.70 Å². The molecule has 2 heteroatoms. The molecule has 1 N–H and O–H groups in total. The van der Waals surface area contributed by atoms with Gasteiger partial charge in [-0.2, -0.15) is 0 Å². The molecule has 0 heterocycles. The van der Waals surface area contributed by atoms with Crippen LogP contribution in [0.5, 0.6) is 0 Å². The number of nitrogens with one attached hydrogen (secondary N) is 1. The fraction of sp³-hybridized carbons (Fsp3) is 0.167. The summed E-state index contributed by atoms with van der Waals surface area (Å²) in [4.78, 5) is 10.1. The van der Waals surface area contributed by atoms with Gasteiger partial charge < -0.3 is 5.32 Å². The highest BCUT2D eigenvalue weighted by Crippen LogP contribution is 1.75. The molecular formula is C6H7NO. The van der Waals surface area contributed by atoms with Crippen molar-refractivity contribution >= 4 is 5.91 Å². The minimum absolute atomic E-state index is 0.187. The van der Waals surface area contributed by atoms with Crippen molar-refractivity contribution in [3.8, 4) is 12.3 Å². The average Bonchev–Trinajstić information content (AvgIpc) is 1.65. The maximum Gasteiger partial charge on any atom is 0.221 e. The van der Waals surface area contributed by atoms with Crippen molar-refractivity contribution in [3.05, 3.63) is 12.3 Å². The molecule has 0 aromatic rings. The van der Waals surface area contributed by atoms with Gasteiger partial charge in [-0.25, -0.2) is 0 Å². The summed E-state index contributed by atoms with van der Waals surface area (Å²) < 4.78 is 0. The molecule has 0 unspecified atom stereocenters. The molecular weight excluding hydrogens is 102 g/mol. The van der Waals surface area contributed by atoms with E-state index >= 15 is 0 Å². The normalized spacial score (nSPS) is 7.00. The van der Waals surface area contributed by atoms with Crippen LogP contribution < -0.4 is 5.32 Å². The summed E-state index contributed by atoms with van der Waals surface area (Å²) in [6, 6.07) is 0. The van der Waals surface area contributed by atoms with Crippen molar-refractivity contribution in [2.75, 3.05) is 0 Å². The number of carbonyl (C=O) groups is 1. The minimum Gasteiger partial charge on any atom is -0.320 e. The van der Waals surface area contributed by atoms with E-state index in [1.54, 1.807) is 0 Å². The van der Waals surface area contributed by atoms with Gasteiger partial charge in [0.2, 0.25) is 5.91 Å². The van der Waals surface area contributed by atoms with Crippen LogP contribution in [-0.2, 0) is 4.79 Å². The quantitative estimate of drug-likeness (QED) is 0.481. The molecule has 8 heavy (non-hydrogen) atoms. The predicted octanol–water partition coefficient (Wildman–Crippen LogP) is 0.269. The van der Waals surface area contributed by atoms with Gasteiger partial charge in [-0.05, 0) is 0 Å². The van der Waals surface area contributed by atoms with Crippen molar-refractivity contribution in [2.45, 2.75) is 6.92 Å². The Labute approximate surface area is 48.6 Å². The van der Waals surface area contributed by atoms with Crippen LogP contribution >= 0.6 is 0 Å². The van der Waals surface area contributed by atoms with E-state index in [4.69, 9.17) is 6.42 Å². The molecule has 0 atom stereocenters. The van der Waals surface area contributed by atoms with Gasteiger partial charge >= 0.3 is 0 Å². The molecule has 0 radical (unpaired) electrons. The van der Waals surface area contributed by atoms with Gasteiger partial charge in [0.15, 0.2) is 0 Å². The van der Waals surface area contributed by atoms with Crippen LogP contribution in [0.4, 0.5) is 0 Å². The average molecular weight is 109 g/mol. The molecule has 0 rings (SSSR count). The van der Waals surface area contributed by atoms with Crippen molar-refractivity contribution in [1.29, 1.82) is 0 Å². The molecule has 0 saturated heterocycles. The van der Waals surface area contributed by atoms with Gasteiger partial charge in [-0.15, -0.1) is 6.42 Å². The van der Waals surface area contributed by atoms with Gasteiger partial charge in [0, 0.05) is 6.92 Å². The first-order chi connectivity index (χ1) is 3.66. The number of allylic oxidation sites excluding steroid dienone is 1. The second-order valence-electron chi connectivity index (χ2n) is 1.30. The first-order valence-corrected chi connectivity index (χ1v) is 2.10. The fourth-order valence-corrected chi connectivity index (χ4v) is 0.249. The molecule has 0 aliphatic heterocycles. The van der Waals surface area contributed by atoms with Crippen LogP contribution in [0.2, 0.25) is 0 Å². The number of hydrogen-bond acceptors (Lipinski definition) is 1. The van der Waals surface area contributed by atoms with Crippen LogP contribution in [0.25, 0.3) is 0 Å². The second-order valence-corrected chi connectivity index (χ2v) is 1.30. The highest BCUT2D eigenvalue weighted by atomic mass is 16.1. The zero-order valence-electron chi connectivity index (χ0n) is 4.69. The Morgan fingerprint density at radius 1 is 1.88 bits per heavy atom. The van der Waals surface area contributed by atoms with Crippen LogP contribution in [0.1, 0.15) is 6.92 Å². The third-order valence-corrected chi connectivity index (χ3v) is 0.501. The predicted molar refractivity (Wildman–Crippen MR) is 31.8 cm³/mol. The Bertz CT molecular complexity index is 152. The summed E-state index contributed by atoms with van der Waals surface area (Å²) in [6.07, 6.45) is 4.86. The minimum atomic E-state index is -0.187. The van der Waals surface area contributed by atoms with E-state index in [0.717, 1.165) is 0 Å². The summed E-state index contributed by atoms with van der Waals surface area (Å²) in [5.41, 5.74) is 0.303. The first kappa shape index (κ1) is 6.77. The summed E-state index contributed by atoms with van der Waals surface area (Å²) in [7, 11) is 0. The zero-order chi connectivity index (χ0) is 6.57. The lowest BCUT2D eigenvalue weighted by atomic mass is 10.5. The third kappa shape index (κ3) is 2.98. The van der Waals surface area contributed by atoms with Crippen molar-refractivity contribution in [2.24, 2.45) is 0 Å². The number of hydrogen-bond donors (Lipinski definition) is 1. The maximum atomic E-state index is 10.1. The van der Waals surface area contributed by atoms with E-state index in [9.17, 15) is 4.79 Å². The SMILES string of the molecule is C#CC(=C)NC(C)=O. The van der Waals surface area contributed by atoms with Gasteiger partial charge in [-0.1, -0.05) is 12.5 Å². The van der Waals surface area contributed by atoms with E-state index in [1.807, 2.05) is 0 Å². The molecule has 0 aliphatic rings. The van der Waals surface area contributed by atoms with Crippen LogP contribution in [-0.4, -0.2) is 5.91 Å². The number of rotatable bonds is 1. The molecule has 0 aromatic heterocycles. The van der Waals surface area contributed by atoms with Crippen LogP contribution in [0.3, 0.4) is 0 Å². The fourth-order valence-electron chi connectivity index (χ4n) is 0.249. The molecule has 0 fully saturated rings. The van der Waals surface area contributed by atoms with Crippen molar-refractivity contribution in [1.82, 2.24) is 5.32 Å². The standard InChI is InChI=1S/C6H7NO/c1-4-5(2)7-6(3)8/h1H,2H2,3H3,(H,7,8). The number of amides is 1. The molecule has 1 amide bonds. The highest BCUT2D eigenvalue weighted by molar-refractivity contribution is 5.75. The van der Waals surface area contributed by atoms with Crippen LogP contribution in [0.15, 0.2) is 12.3 Å². The van der Waals surface area contributed by atoms with Crippen LogP contribution in [0, 0.1) is 12.3 Å². The Hall–Kier alpha value is -1.23. The second kappa shape index (κ2) is 2.86. The highest BCUT2D eigenvalue weighted by Gasteiger charge is 1.87. The molecule has 0 spiro atoms. The Kier molecular flexibility index (Phi) is 2.42. The Balaban J connectivity index is 3.61. The zero-order valence-corrected chi connectivity index (χ0v) is 4.69. The topological polar surface area (TPSA) is 29.1 Å². The summed E-state index contributed by atoms with van der Waals surface area (Å²) >= 11 is 0. The largest absolute Gasteiger partial charge is 0.320 e. The number of terminal acetylenes is 1. The first-order valence-electron chi connectivity index (χ1n) is 2.10. The lowest BCUT2D eigenvalue weighted by Gasteiger charge is -1.93. The van der Waals surface area contributed by atoms with Crippen molar-refractivity contribution < 1.29 is 4.79 Å². The van der Waals surface area contributed by atoms with Gasteiger partial charge in [-0.3, -0.25) is 4.79 Å². The monoisotopic (exact) mass is 109 g/mol. The summed E-state index contributed by atoms with van der Waals surface area (Å²) in [6.45, 7) is 4.72. The molecule has 42 valence electrons. The lowest BCUT2D eigenvalue weighted by molar-refractivity contribution is -0.118. The lowest BCUT2D eigenvalue weighted by Crippen LogP contribution is -2.16. The third-order valence-electron chi connectivity index (χ3n) is 0.501. The molecule has 0 aliphatic carbocycles. The van der Waals surface area contributed by atoms with E-state index in [-0.39, 0.29) is 5.91 Å². The Morgan fingerprint density at radius 2 is 2.38 bits per heavy atom. The van der Waals surface area contributed by atoms with Gasteiger partial charge in [0.25, 0.3) is 0 Å². The van der Waals surface area contributed by atoms with Crippen molar-refractivity contribution in [3.63, 3.8) is 0 Å². The molecule has 2 nitrogen and oxygen atoms in total. The maximum absolute atomic E-state index is 10.1. The van der Waals surface area contributed by atoms with Gasteiger partial charge in [0.1, 0.15) is 0 Å². The Morgan fingerprint density at radius 3 is 2.50 bits per heavy atom. The summed E-state index contributed by atoms with van der Waals surface area (Å²) in [5, 5.41) is 2.32. The van der Waals surface area contributed by atoms with E-state index in [2.05, 4.69) is 17.8 Å². The van der Waals surface area contributed by atoms with E-state index < -0.39 is 0 Å². The van der Waals surface area contributed by atoms with E-state index in [1.165, 1.54) is 6.92 Å². The smallest absolute Gasteiger partial charge is 0.221 e. The number of carbonyl (C=O) groups excluding carboxylic acids is 1. The summed E-state index contributed by atoms with van der Waals surface area (Å²) in [5.74, 6) is 1.98.